The quantitative estimate of drug-likeness (QED) is 0.323. The monoisotopic (exact) mass is 466 g/mol. The van der Waals surface area contributed by atoms with Crippen molar-refractivity contribution < 1.29 is 4.79 Å². The van der Waals surface area contributed by atoms with Crippen molar-refractivity contribution in [2.45, 2.75) is 13.0 Å². The molecule has 7 nitrogen and oxygen atoms in total. The number of nitrogens with two attached hydrogens (primary N) is 1. The van der Waals surface area contributed by atoms with Gasteiger partial charge < -0.3 is 11.1 Å². The molecule has 0 spiro atoms. The van der Waals surface area contributed by atoms with Crippen molar-refractivity contribution in [2.24, 2.45) is 0 Å². The Labute approximate surface area is 200 Å². The Morgan fingerprint density at radius 3 is 2.76 bits per heavy atom. The highest BCUT2D eigenvalue weighted by Gasteiger charge is 2.12. The van der Waals surface area contributed by atoms with Crippen LogP contribution in [0.4, 0.5) is 11.4 Å². The molecule has 8 heteroatoms. The van der Waals surface area contributed by atoms with Crippen molar-refractivity contribution in [1.82, 2.24) is 20.0 Å². The van der Waals surface area contributed by atoms with Gasteiger partial charge in [-0.3, -0.25) is 14.5 Å². The first-order valence-electron chi connectivity index (χ1n) is 10.8. The highest BCUT2D eigenvalue weighted by atomic mass is 32.1. The molecule has 0 bridgehead atoms. The maximum atomic E-state index is 13.0. The molecule has 3 N–H and O–H groups in total. The van der Waals surface area contributed by atoms with Crippen LogP contribution in [0.15, 0.2) is 90.6 Å². The summed E-state index contributed by atoms with van der Waals surface area (Å²) in [7, 11) is 0. The van der Waals surface area contributed by atoms with Crippen LogP contribution in [-0.2, 0) is 13.0 Å². The van der Waals surface area contributed by atoms with Gasteiger partial charge in [0, 0.05) is 40.9 Å². The summed E-state index contributed by atoms with van der Waals surface area (Å²) in [6.07, 6.45) is 4.42. The predicted octanol–water partition coefficient (Wildman–Crippen LogP) is 5.15. The molecule has 1 amide bonds. The number of benzene rings is 2. The lowest BCUT2D eigenvalue weighted by Crippen LogP contribution is -2.13. The molecule has 3 heterocycles. The van der Waals surface area contributed by atoms with Crippen LogP contribution in [-0.4, -0.2) is 25.9 Å². The number of nitrogen functional groups attached to an aromatic ring is 1. The zero-order valence-corrected chi connectivity index (χ0v) is 19.1. The number of anilines is 2. The van der Waals surface area contributed by atoms with Crippen molar-refractivity contribution in [3.05, 3.63) is 102 Å². The number of thiophene rings is 1. The summed E-state index contributed by atoms with van der Waals surface area (Å²) in [5, 5.41) is 13.5. The molecule has 5 rings (SSSR count). The van der Waals surface area contributed by atoms with Gasteiger partial charge in [0.15, 0.2) is 0 Å². The van der Waals surface area contributed by atoms with E-state index in [1.165, 1.54) is 0 Å². The van der Waals surface area contributed by atoms with Gasteiger partial charge in [0.2, 0.25) is 0 Å². The molecule has 0 aliphatic carbocycles. The van der Waals surface area contributed by atoms with Gasteiger partial charge in [-0.05, 0) is 53.4 Å². The molecule has 5 aromatic rings. The topological polar surface area (TPSA) is 98.7 Å². The number of aromatic nitrogens is 4. The van der Waals surface area contributed by atoms with E-state index in [2.05, 4.69) is 20.6 Å². The number of nitrogens with one attached hydrogen (secondary N) is 1. The Bertz CT molecular complexity index is 1410. The van der Waals surface area contributed by atoms with Crippen molar-refractivity contribution >= 4 is 28.6 Å². The zero-order valence-electron chi connectivity index (χ0n) is 18.3. The van der Waals surface area contributed by atoms with Crippen LogP contribution in [0.2, 0.25) is 0 Å². The fraction of sp³-hybridized carbons (Fsp3) is 0.0769. The Kier molecular flexibility index (Phi) is 6.13. The highest BCUT2D eigenvalue weighted by molar-refractivity contribution is 7.13. The maximum Gasteiger partial charge on any atom is 0.255 e. The second-order valence-corrected chi connectivity index (χ2v) is 8.70. The summed E-state index contributed by atoms with van der Waals surface area (Å²) in [5.74, 6) is -0.237. The first-order chi connectivity index (χ1) is 16.7. The van der Waals surface area contributed by atoms with Crippen LogP contribution in [0.3, 0.4) is 0 Å². The van der Waals surface area contributed by atoms with Crippen LogP contribution in [0.25, 0.3) is 21.7 Å². The Morgan fingerprint density at radius 2 is 1.94 bits per heavy atom. The molecular weight excluding hydrogens is 444 g/mol. The Morgan fingerprint density at radius 1 is 1.00 bits per heavy atom. The summed E-state index contributed by atoms with van der Waals surface area (Å²) < 4.78 is 1.79. The second-order valence-electron chi connectivity index (χ2n) is 7.75. The number of nitrogens with zero attached hydrogens (tertiary/aromatic N) is 4. The number of hydrogen-bond donors (Lipinski definition) is 2. The number of aryl methyl sites for hydroxylation is 2. The molecule has 0 aliphatic heterocycles. The van der Waals surface area contributed by atoms with Crippen molar-refractivity contribution in [3.63, 3.8) is 0 Å². The maximum absolute atomic E-state index is 13.0. The predicted molar refractivity (Wildman–Crippen MR) is 136 cm³/mol. The standard InChI is InChI=1S/C26H22N6OS/c27-22-10-9-19(25-8-4-14-34-25)16-23(22)29-26(33)20-6-3-5-18(15-20)24-17-32(31-30-24)13-11-21-7-1-2-12-28-21/h1-10,12,14-17H,11,13,27H2,(H,29,33). The van der Waals surface area contributed by atoms with E-state index in [0.29, 0.717) is 29.2 Å². The lowest BCUT2D eigenvalue weighted by molar-refractivity contribution is 0.102. The van der Waals surface area contributed by atoms with Crippen LogP contribution >= 0.6 is 11.3 Å². The largest absolute Gasteiger partial charge is 0.397 e. The summed E-state index contributed by atoms with van der Waals surface area (Å²) in [6, 6.07) is 22.9. The van der Waals surface area contributed by atoms with Gasteiger partial charge in [-0.25, -0.2) is 0 Å². The molecule has 3 aromatic heterocycles. The fourth-order valence-corrected chi connectivity index (χ4v) is 4.31. The molecule has 2 aromatic carbocycles. The summed E-state index contributed by atoms with van der Waals surface area (Å²) in [6.45, 7) is 0.671. The highest BCUT2D eigenvalue weighted by Crippen LogP contribution is 2.30. The second kappa shape index (κ2) is 9.68. The zero-order chi connectivity index (χ0) is 23.3. The van der Waals surface area contributed by atoms with E-state index < -0.39 is 0 Å². The minimum absolute atomic E-state index is 0.237. The third kappa shape index (κ3) is 4.87. The average molecular weight is 467 g/mol. The number of hydrogen-bond acceptors (Lipinski definition) is 6. The molecule has 0 saturated carbocycles. The normalized spacial score (nSPS) is 10.8. The Balaban J connectivity index is 1.30. The number of carbonyl (C=O) groups excluding carboxylic acids is 1. The third-order valence-corrected chi connectivity index (χ3v) is 6.31. The number of amides is 1. The van der Waals surface area contributed by atoms with Gasteiger partial charge in [-0.2, -0.15) is 0 Å². The lowest BCUT2D eigenvalue weighted by Gasteiger charge is -2.10. The van der Waals surface area contributed by atoms with Gasteiger partial charge >= 0.3 is 0 Å². The molecule has 168 valence electrons. The molecule has 0 saturated heterocycles. The van der Waals surface area contributed by atoms with Gasteiger partial charge in [-0.1, -0.05) is 35.5 Å². The van der Waals surface area contributed by atoms with E-state index in [0.717, 1.165) is 28.1 Å². The van der Waals surface area contributed by atoms with Crippen LogP contribution in [0.1, 0.15) is 16.1 Å². The van der Waals surface area contributed by atoms with Crippen LogP contribution in [0, 0.1) is 0 Å². The molecule has 0 aliphatic rings. The molecular formula is C26H22N6OS. The van der Waals surface area contributed by atoms with Crippen molar-refractivity contribution in [3.8, 4) is 21.7 Å². The minimum Gasteiger partial charge on any atom is -0.397 e. The fourth-order valence-electron chi connectivity index (χ4n) is 3.59. The summed E-state index contributed by atoms with van der Waals surface area (Å²) in [5.41, 5.74) is 11.3. The summed E-state index contributed by atoms with van der Waals surface area (Å²) in [4.78, 5) is 18.5. The van der Waals surface area contributed by atoms with Crippen LogP contribution < -0.4 is 11.1 Å². The van der Waals surface area contributed by atoms with E-state index in [1.807, 2.05) is 78.3 Å². The van der Waals surface area contributed by atoms with E-state index in [1.54, 1.807) is 28.3 Å². The number of rotatable bonds is 7. The SMILES string of the molecule is Nc1ccc(-c2cccs2)cc1NC(=O)c1cccc(-c2cn(CCc3ccccn3)nn2)c1. The average Bonchev–Trinajstić information content (AvgIpc) is 3.58. The molecule has 0 atom stereocenters. The smallest absolute Gasteiger partial charge is 0.255 e. The van der Waals surface area contributed by atoms with Crippen LogP contribution in [0.5, 0.6) is 0 Å². The van der Waals surface area contributed by atoms with E-state index in [4.69, 9.17) is 5.73 Å². The first-order valence-corrected chi connectivity index (χ1v) is 11.7. The van der Waals surface area contributed by atoms with Gasteiger partial charge in [0.1, 0.15) is 5.69 Å². The first kappa shape index (κ1) is 21.5. The van der Waals surface area contributed by atoms with Gasteiger partial charge in [0.25, 0.3) is 5.91 Å². The van der Waals surface area contributed by atoms with E-state index in [9.17, 15) is 4.79 Å². The van der Waals surface area contributed by atoms with Gasteiger partial charge in [-0.15, -0.1) is 16.4 Å². The van der Waals surface area contributed by atoms with E-state index in [-0.39, 0.29) is 5.91 Å². The third-order valence-electron chi connectivity index (χ3n) is 5.39. The number of carbonyl (C=O) groups is 1. The molecule has 34 heavy (non-hydrogen) atoms. The molecule has 0 unspecified atom stereocenters. The molecule has 0 radical (unpaired) electrons. The Hall–Kier alpha value is -4.30. The van der Waals surface area contributed by atoms with Gasteiger partial charge in [0.05, 0.1) is 17.6 Å². The summed E-state index contributed by atoms with van der Waals surface area (Å²) >= 11 is 1.64. The van der Waals surface area contributed by atoms with E-state index >= 15 is 0 Å². The van der Waals surface area contributed by atoms with Crippen molar-refractivity contribution in [1.29, 1.82) is 0 Å². The minimum atomic E-state index is -0.237. The lowest BCUT2D eigenvalue weighted by atomic mass is 10.1. The number of pyridine rings is 1. The molecule has 0 fully saturated rings. The van der Waals surface area contributed by atoms with Crippen molar-refractivity contribution in [2.75, 3.05) is 11.1 Å².